The number of pyridine rings is 2. The van der Waals surface area contributed by atoms with E-state index in [1.165, 1.54) is 42.6 Å². The quantitative estimate of drug-likeness (QED) is 0.0856. The van der Waals surface area contributed by atoms with Crippen molar-refractivity contribution in [2.75, 3.05) is 17.2 Å². The Bertz CT molecular complexity index is 2510. The zero-order valence-electron chi connectivity index (χ0n) is 32.8. The fourth-order valence-electron chi connectivity index (χ4n) is 5.97. The van der Waals surface area contributed by atoms with Gasteiger partial charge in [-0.2, -0.15) is 0 Å². The number of anilines is 4. The molecule has 0 aliphatic rings. The number of rotatable bonds is 11. The van der Waals surface area contributed by atoms with E-state index in [0.717, 1.165) is 16.7 Å². The van der Waals surface area contributed by atoms with Crippen molar-refractivity contribution < 1.29 is 55.2 Å². The topological polar surface area (TPSA) is 132 Å². The lowest BCUT2D eigenvalue weighted by atomic mass is 10.1. The van der Waals surface area contributed by atoms with Crippen LogP contribution in [0.5, 0.6) is 11.5 Å². The molecule has 0 bridgehead atoms. The smallest absolute Gasteiger partial charge is 0.478 e. The maximum atomic E-state index is 12.5. The predicted molar refractivity (Wildman–Crippen MR) is 214 cm³/mol. The molecule has 2 aromatic heterocycles. The first-order valence-corrected chi connectivity index (χ1v) is 18.1. The van der Waals surface area contributed by atoms with E-state index in [-0.39, 0.29) is 23.7 Å². The number of carbonyl (C=O) groups excluding carboxylic acids is 1. The van der Waals surface area contributed by atoms with Crippen molar-refractivity contribution in [2.24, 2.45) is 0 Å². The van der Waals surface area contributed by atoms with Gasteiger partial charge >= 0.3 is 24.7 Å². The second kappa shape index (κ2) is 18.7. The Morgan fingerprint density at radius 3 is 1.45 bits per heavy atom. The number of hydrogen-bond acceptors (Lipinski definition) is 9. The van der Waals surface area contributed by atoms with Gasteiger partial charge < -0.3 is 30.0 Å². The third-order valence-corrected chi connectivity index (χ3v) is 8.47. The Hall–Kier alpha value is -7.10. The average Bonchev–Trinajstić information content (AvgIpc) is 3.15. The minimum Gasteiger partial charge on any atom is -0.478 e. The third-order valence-electron chi connectivity index (χ3n) is 8.47. The van der Waals surface area contributed by atoms with Gasteiger partial charge in [0.05, 0.1) is 64.3 Å². The molecule has 60 heavy (non-hydrogen) atoms. The van der Waals surface area contributed by atoms with E-state index in [4.69, 9.17) is 4.74 Å². The maximum absolute atomic E-state index is 12.5. The van der Waals surface area contributed by atoms with Crippen LogP contribution in [-0.4, -0.2) is 46.3 Å². The molecule has 0 atom stereocenters. The molecule has 3 N–H and O–H groups in total. The molecule has 6 rings (SSSR count). The summed E-state index contributed by atoms with van der Waals surface area (Å²) in [4.78, 5) is 32.5. The minimum atomic E-state index is -4.77. The summed E-state index contributed by atoms with van der Waals surface area (Å²) in [6.07, 6.45) is -6.50. The molecule has 6 aromatic rings. The van der Waals surface area contributed by atoms with Crippen molar-refractivity contribution in [1.29, 1.82) is 0 Å². The first-order chi connectivity index (χ1) is 28.3. The number of esters is 1. The summed E-state index contributed by atoms with van der Waals surface area (Å²) < 4.78 is 87.9. The molecule has 0 aliphatic carbocycles. The highest BCUT2D eigenvalue weighted by Crippen LogP contribution is 2.33. The van der Waals surface area contributed by atoms with E-state index in [2.05, 4.69) is 30.1 Å². The van der Waals surface area contributed by atoms with Gasteiger partial charge in [0.2, 0.25) is 0 Å². The third kappa shape index (κ3) is 12.2. The van der Waals surface area contributed by atoms with Crippen LogP contribution in [0, 0.1) is 27.7 Å². The van der Waals surface area contributed by atoms with E-state index in [1.54, 1.807) is 88.5 Å². The number of carbonyl (C=O) groups is 2. The number of carboxylic acid groups (broad SMARTS) is 1. The van der Waals surface area contributed by atoms with Gasteiger partial charge in [-0.1, -0.05) is 47.5 Å². The van der Waals surface area contributed by atoms with Crippen LogP contribution >= 0.6 is 0 Å². The summed E-state index contributed by atoms with van der Waals surface area (Å²) in [5.41, 5.74) is 7.84. The zero-order valence-corrected chi connectivity index (χ0v) is 32.8. The number of nitrogens with zero attached hydrogens (tertiary/aromatic N) is 2. The van der Waals surface area contributed by atoms with Crippen LogP contribution in [0.3, 0.4) is 0 Å². The van der Waals surface area contributed by atoms with Crippen molar-refractivity contribution in [2.45, 2.75) is 47.3 Å². The molecule has 0 spiro atoms. The molecule has 312 valence electrons. The molecule has 0 unspecified atom stereocenters. The van der Waals surface area contributed by atoms with Crippen LogP contribution in [0.1, 0.15) is 49.9 Å². The maximum Gasteiger partial charge on any atom is 0.573 e. The molecule has 0 saturated heterocycles. The number of aromatic carboxylic acids is 1. The van der Waals surface area contributed by atoms with Crippen LogP contribution in [0.2, 0.25) is 0 Å². The molecule has 16 heteroatoms. The lowest BCUT2D eigenvalue weighted by Gasteiger charge is -2.14. The minimum absolute atomic E-state index is 0.128. The Morgan fingerprint density at radius 1 is 0.617 bits per heavy atom. The van der Waals surface area contributed by atoms with Gasteiger partial charge in [-0.15, -0.1) is 26.3 Å². The van der Waals surface area contributed by atoms with E-state index < -0.39 is 24.7 Å². The van der Waals surface area contributed by atoms with Gasteiger partial charge in [-0.3, -0.25) is 9.97 Å². The van der Waals surface area contributed by atoms with E-state index in [9.17, 15) is 41.0 Å². The van der Waals surface area contributed by atoms with Crippen LogP contribution in [0.25, 0.3) is 22.5 Å². The van der Waals surface area contributed by atoms with Gasteiger partial charge in [-0.25, -0.2) is 9.59 Å². The molecule has 0 fully saturated rings. The molecule has 0 radical (unpaired) electrons. The fraction of sp³-hybridized carbons (Fsp3) is 0.182. The van der Waals surface area contributed by atoms with Gasteiger partial charge in [0, 0.05) is 11.1 Å². The normalized spacial score (nSPS) is 11.2. The number of carboxylic acids is 1. The molecule has 2 heterocycles. The summed E-state index contributed by atoms with van der Waals surface area (Å²) in [7, 11) is 0. The largest absolute Gasteiger partial charge is 0.573 e. The number of alkyl halides is 6. The van der Waals surface area contributed by atoms with Crippen molar-refractivity contribution in [3.63, 3.8) is 0 Å². The first kappa shape index (κ1) is 44.0. The highest BCUT2D eigenvalue weighted by Gasteiger charge is 2.32. The van der Waals surface area contributed by atoms with Crippen LogP contribution in [0.15, 0.2) is 109 Å². The zero-order chi connectivity index (χ0) is 43.8. The predicted octanol–water partition coefficient (Wildman–Crippen LogP) is 11.9. The van der Waals surface area contributed by atoms with Crippen molar-refractivity contribution in [1.82, 2.24) is 9.97 Å². The fourth-order valence-corrected chi connectivity index (χ4v) is 5.97. The summed E-state index contributed by atoms with van der Waals surface area (Å²) >= 11 is 0. The summed E-state index contributed by atoms with van der Waals surface area (Å²) in [6, 6.07) is 25.2. The van der Waals surface area contributed by atoms with E-state index in [1.807, 2.05) is 13.0 Å². The first-order valence-electron chi connectivity index (χ1n) is 18.1. The number of halogens is 6. The highest BCUT2D eigenvalue weighted by atomic mass is 19.4. The molecule has 0 amide bonds. The van der Waals surface area contributed by atoms with Crippen LogP contribution in [-0.2, 0) is 4.74 Å². The van der Waals surface area contributed by atoms with Gasteiger partial charge in [-0.05, 0) is 106 Å². The van der Waals surface area contributed by atoms with Gasteiger partial charge in [0.25, 0.3) is 0 Å². The highest BCUT2D eigenvalue weighted by molar-refractivity contribution is 5.97. The van der Waals surface area contributed by atoms with E-state index in [0.29, 0.717) is 56.4 Å². The van der Waals surface area contributed by atoms with Crippen molar-refractivity contribution >= 4 is 34.7 Å². The molecule has 0 aliphatic heterocycles. The molecule has 0 saturated carbocycles. The monoisotopic (exact) mass is 832 g/mol. The van der Waals surface area contributed by atoms with Gasteiger partial charge in [0.1, 0.15) is 11.5 Å². The summed E-state index contributed by atoms with van der Waals surface area (Å²) in [5, 5.41) is 15.6. The number of aromatic nitrogens is 2. The van der Waals surface area contributed by atoms with Gasteiger partial charge in [0.15, 0.2) is 0 Å². The number of hydrogen-bond donors (Lipinski definition) is 3. The Kier molecular flexibility index (Phi) is 13.7. The summed E-state index contributed by atoms with van der Waals surface area (Å²) in [6.45, 7) is 9.24. The molecule has 4 aromatic carbocycles. The van der Waals surface area contributed by atoms with Crippen LogP contribution < -0.4 is 20.1 Å². The number of benzene rings is 4. The average molecular weight is 833 g/mol. The molecular weight excluding hydrogens is 794 g/mol. The lowest BCUT2D eigenvalue weighted by Crippen LogP contribution is -2.17. The SMILES string of the molecule is CCOC(=O)c1cc(C)ccc1Nc1cnc(-c2cccc(OC(F)(F)F)c2)c(C)c1.Cc1ccc(Nc2cnc(-c3cccc(OC(F)(F)F)c3)c(C)c2)c(C(=O)O)c1. The summed E-state index contributed by atoms with van der Waals surface area (Å²) in [5.74, 6) is -2.13. The molecule has 10 nitrogen and oxygen atoms in total. The van der Waals surface area contributed by atoms with Crippen LogP contribution in [0.4, 0.5) is 49.1 Å². The Morgan fingerprint density at radius 2 is 1.05 bits per heavy atom. The second-order valence-electron chi connectivity index (χ2n) is 13.3. The van der Waals surface area contributed by atoms with Crippen molar-refractivity contribution in [3.05, 3.63) is 143 Å². The molecular formula is C44H38F6N4O6. The Labute approximate surface area is 340 Å². The Balaban J connectivity index is 0.000000228. The number of ether oxygens (including phenoxy) is 3. The second-order valence-corrected chi connectivity index (χ2v) is 13.3. The standard InChI is InChI=1S/C23H21F3N2O3.C21H17F3N2O3/c1-4-30-22(29)19-10-14(2)8-9-20(19)28-17-11-15(3)21(27-13-17)16-6-5-7-18(12-16)31-23(24,25)26;1-12-6-7-18(17(8-12)20(27)28)26-15-9-13(2)19(25-11-15)14-4-3-5-16(10-14)29-21(22,23)24/h5-13,28H,4H2,1-3H3;3-11,26H,1-2H3,(H,27,28). The number of aryl methyl sites for hydroxylation is 4. The lowest BCUT2D eigenvalue weighted by molar-refractivity contribution is -0.275. The van der Waals surface area contributed by atoms with Crippen molar-refractivity contribution in [3.8, 4) is 34.0 Å². The number of nitrogens with one attached hydrogen (secondary N) is 2. The van der Waals surface area contributed by atoms with E-state index >= 15 is 0 Å².